The van der Waals surface area contributed by atoms with Crippen LogP contribution in [0.1, 0.15) is 46.5 Å². The maximum atomic E-state index is 3.82. The minimum absolute atomic E-state index is 0.711. The lowest BCUT2D eigenvalue weighted by molar-refractivity contribution is 0.345. The van der Waals surface area contributed by atoms with Gasteiger partial charge in [-0.25, -0.2) is 0 Å². The van der Waals surface area contributed by atoms with Gasteiger partial charge in [-0.2, -0.15) is 0 Å². The molecule has 0 nitrogen and oxygen atoms in total. The Bertz CT molecular complexity index is 157. The van der Waals surface area contributed by atoms with Crippen LogP contribution in [-0.2, 0) is 0 Å². The van der Waals surface area contributed by atoms with Gasteiger partial charge in [0.15, 0.2) is 0 Å². The molecule has 0 N–H and O–H groups in total. The molecule has 2 atom stereocenters. The molecule has 0 saturated heterocycles. The van der Waals surface area contributed by atoms with Gasteiger partial charge in [-0.3, -0.25) is 0 Å². The first kappa shape index (κ1) is 9.83. The highest BCUT2D eigenvalue weighted by Gasteiger charge is 2.50. The zero-order chi connectivity index (χ0) is 9.19. The maximum absolute atomic E-state index is 3.82. The molecule has 0 aliphatic heterocycles. The monoisotopic (exact) mass is 166 g/mol. The van der Waals surface area contributed by atoms with E-state index in [1.807, 2.05) is 0 Å². The third-order valence-corrected chi connectivity index (χ3v) is 3.33. The van der Waals surface area contributed by atoms with Crippen molar-refractivity contribution in [1.82, 2.24) is 0 Å². The number of allylic oxidation sites excluding steroid dienone is 1. The molecule has 1 fully saturated rings. The van der Waals surface area contributed by atoms with Gasteiger partial charge in [0.25, 0.3) is 0 Å². The van der Waals surface area contributed by atoms with Crippen LogP contribution in [0.4, 0.5) is 0 Å². The molecule has 0 aromatic rings. The van der Waals surface area contributed by atoms with Crippen LogP contribution in [0.15, 0.2) is 12.7 Å². The van der Waals surface area contributed by atoms with Crippen LogP contribution in [0.2, 0.25) is 0 Å². The quantitative estimate of drug-likeness (QED) is 0.541. The van der Waals surface area contributed by atoms with Crippen LogP contribution in [0.3, 0.4) is 0 Å². The zero-order valence-corrected chi connectivity index (χ0v) is 8.77. The summed E-state index contributed by atoms with van der Waals surface area (Å²) in [7, 11) is 0. The molecule has 1 rings (SSSR count). The Morgan fingerprint density at radius 3 is 2.67 bits per heavy atom. The zero-order valence-electron chi connectivity index (χ0n) is 8.77. The average Bonchev–Trinajstić information content (AvgIpc) is 2.64. The van der Waals surface area contributed by atoms with E-state index in [1.54, 1.807) is 0 Å². The SMILES string of the molecule is C=CCC1CC1(CC)CC(C)C. The lowest BCUT2D eigenvalue weighted by Crippen LogP contribution is -2.06. The van der Waals surface area contributed by atoms with Gasteiger partial charge in [0.1, 0.15) is 0 Å². The van der Waals surface area contributed by atoms with E-state index >= 15 is 0 Å². The number of hydrogen-bond donors (Lipinski definition) is 0. The smallest absolute Gasteiger partial charge is 0.0263 e. The minimum Gasteiger partial charge on any atom is -0.103 e. The van der Waals surface area contributed by atoms with E-state index in [2.05, 4.69) is 33.4 Å². The molecule has 70 valence electrons. The van der Waals surface area contributed by atoms with E-state index < -0.39 is 0 Å². The van der Waals surface area contributed by atoms with Gasteiger partial charge >= 0.3 is 0 Å². The van der Waals surface area contributed by atoms with E-state index in [-0.39, 0.29) is 0 Å². The predicted molar refractivity (Wildman–Crippen MR) is 55.1 cm³/mol. The van der Waals surface area contributed by atoms with Crippen molar-refractivity contribution in [2.24, 2.45) is 17.3 Å². The summed E-state index contributed by atoms with van der Waals surface area (Å²) in [5.41, 5.74) is 0.711. The molecule has 0 spiro atoms. The van der Waals surface area contributed by atoms with Crippen LogP contribution in [0.5, 0.6) is 0 Å². The Morgan fingerprint density at radius 2 is 2.25 bits per heavy atom. The predicted octanol–water partition coefficient (Wildman–Crippen LogP) is 4.02. The third kappa shape index (κ3) is 1.91. The van der Waals surface area contributed by atoms with Crippen molar-refractivity contribution in [3.8, 4) is 0 Å². The molecule has 1 aliphatic carbocycles. The first-order chi connectivity index (χ1) is 5.64. The highest BCUT2D eigenvalue weighted by atomic mass is 14.6. The van der Waals surface area contributed by atoms with Crippen molar-refractivity contribution in [3.63, 3.8) is 0 Å². The van der Waals surface area contributed by atoms with E-state index in [4.69, 9.17) is 0 Å². The molecule has 0 radical (unpaired) electrons. The normalized spacial score (nSPS) is 33.8. The van der Waals surface area contributed by atoms with Crippen LogP contribution in [0.25, 0.3) is 0 Å². The van der Waals surface area contributed by atoms with Crippen LogP contribution in [0, 0.1) is 17.3 Å². The van der Waals surface area contributed by atoms with Gasteiger partial charge in [-0.1, -0.05) is 33.3 Å². The first-order valence-electron chi connectivity index (χ1n) is 5.25. The summed E-state index contributed by atoms with van der Waals surface area (Å²) < 4.78 is 0. The van der Waals surface area contributed by atoms with Crippen LogP contribution in [-0.4, -0.2) is 0 Å². The summed E-state index contributed by atoms with van der Waals surface area (Å²) in [6.45, 7) is 10.8. The average molecular weight is 166 g/mol. The van der Waals surface area contributed by atoms with Gasteiger partial charge in [0.2, 0.25) is 0 Å². The fourth-order valence-electron chi connectivity index (χ4n) is 2.61. The van der Waals surface area contributed by atoms with E-state index in [9.17, 15) is 0 Å². The highest BCUT2D eigenvalue weighted by Crippen LogP contribution is 2.60. The Hall–Kier alpha value is -0.260. The van der Waals surface area contributed by atoms with Gasteiger partial charge in [-0.05, 0) is 36.5 Å². The summed E-state index contributed by atoms with van der Waals surface area (Å²) in [5.74, 6) is 1.82. The molecule has 1 saturated carbocycles. The fourth-order valence-corrected chi connectivity index (χ4v) is 2.61. The molecule has 0 heteroatoms. The molecule has 0 aromatic carbocycles. The lowest BCUT2D eigenvalue weighted by atomic mass is 9.89. The molecule has 0 aromatic heterocycles. The summed E-state index contributed by atoms with van der Waals surface area (Å²) in [5, 5.41) is 0. The van der Waals surface area contributed by atoms with E-state index in [1.165, 1.54) is 25.7 Å². The maximum Gasteiger partial charge on any atom is -0.0263 e. The lowest BCUT2D eigenvalue weighted by Gasteiger charge is -2.17. The molecule has 0 bridgehead atoms. The Morgan fingerprint density at radius 1 is 1.58 bits per heavy atom. The second-order valence-electron chi connectivity index (χ2n) is 4.74. The van der Waals surface area contributed by atoms with E-state index in [0.29, 0.717) is 5.41 Å². The Labute approximate surface area is 77.1 Å². The van der Waals surface area contributed by atoms with Crippen molar-refractivity contribution in [3.05, 3.63) is 12.7 Å². The Balaban J connectivity index is 2.41. The molecule has 2 unspecified atom stereocenters. The summed E-state index contributed by atoms with van der Waals surface area (Å²) in [6.07, 6.45) is 7.56. The molecule has 12 heavy (non-hydrogen) atoms. The van der Waals surface area contributed by atoms with Crippen LogP contribution < -0.4 is 0 Å². The van der Waals surface area contributed by atoms with Gasteiger partial charge in [0, 0.05) is 0 Å². The van der Waals surface area contributed by atoms with Crippen molar-refractivity contribution >= 4 is 0 Å². The fraction of sp³-hybridized carbons (Fsp3) is 0.833. The van der Waals surface area contributed by atoms with Gasteiger partial charge in [-0.15, -0.1) is 6.58 Å². The standard InChI is InChI=1S/C12H22/c1-5-7-11-9-12(11,6-2)8-10(3)4/h5,10-11H,1,6-9H2,2-4H3. The van der Waals surface area contributed by atoms with Gasteiger partial charge in [0.05, 0.1) is 0 Å². The third-order valence-electron chi connectivity index (χ3n) is 3.33. The number of hydrogen-bond acceptors (Lipinski definition) is 0. The van der Waals surface area contributed by atoms with Gasteiger partial charge < -0.3 is 0 Å². The van der Waals surface area contributed by atoms with Crippen LogP contribution >= 0.6 is 0 Å². The van der Waals surface area contributed by atoms with Crippen molar-refractivity contribution in [1.29, 1.82) is 0 Å². The van der Waals surface area contributed by atoms with Crippen molar-refractivity contribution < 1.29 is 0 Å². The summed E-state index contributed by atoms with van der Waals surface area (Å²) in [6, 6.07) is 0. The van der Waals surface area contributed by atoms with Crippen molar-refractivity contribution in [2.45, 2.75) is 46.5 Å². The minimum atomic E-state index is 0.711. The molecule has 1 aliphatic rings. The van der Waals surface area contributed by atoms with Crippen molar-refractivity contribution in [2.75, 3.05) is 0 Å². The number of rotatable bonds is 5. The summed E-state index contributed by atoms with van der Waals surface area (Å²) >= 11 is 0. The molecule has 0 heterocycles. The Kier molecular flexibility index (Phi) is 2.98. The van der Waals surface area contributed by atoms with E-state index in [0.717, 1.165) is 11.8 Å². The molecule has 0 amide bonds. The second-order valence-corrected chi connectivity index (χ2v) is 4.74. The second kappa shape index (κ2) is 3.64. The topological polar surface area (TPSA) is 0 Å². The highest BCUT2D eigenvalue weighted by molar-refractivity contribution is 5.03. The first-order valence-corrected chi connectivity index (χ1v) is 5.25. The molecular weight excluding hydrogens is 144 g/mol. The summed E-state index contributed by atoms with van der Waals surface area (Å²) in [4.78, 5) is 0. The molecular formula is C12H22. The largest absolute Gasteiger partial charge is 0.103 e.